The number of nitrogens with zero attached hydrogens (tertiary/aromatic N) is 2. The number of aromatic amines is 1. The summed E-state index contributed by atoms with van der Waals surface area (Å²) in [7, 11) is 0. The van der Waals surface area contributed by atoms with Gasteiger partial charge in [-0.05, 0) is 35.3 Å². The summed E-state index contributed by atoms with van der Waals surface area (Å²) < 4.78 is 0.902. The maximum atomic E-state index is 5.77. The van der Waals surface area contributed by atoms with Gasteiger partial charge in [0.05, 0.1) is 22.6 Å². The first-order valence-corrected chi connectivity index (χ1v) is 6.02. The van der Waals surface area contributed by atoms with Crippen LogP contribution in [0.15, 0.2) is 16.9 Å². The topological polar surface area (TPSA) is 79.6 Å². The van der Waals surface area contributed by atoms with Crippen LogP contribution in [0.2, 0.25) is 0 Å². The van der Waals surface area contributed by atoms with Crippen molar-refractivity contribution in [1.82, 2.24) is 15.2 Å². The highest BCUT2D eigenvalue weighted by Crippen LogP contribution is 2.27. The highest BCUT2D eigenvalue weighted by atomic mass is 79.9. The van der Waals surface area contributed by atoms with Crippen molar-refractivity contribution in [3.05, 3.63) is 33.7 Å². The van der Waals surface area contributed by atoms with E-state index in [1.54, 1.807) is 12.4 Å². The Morgan fingerprint density at radius 1 is 1.41 bits per heavy atom. The molecule has 0 bridgehead atoms. The van der Waals surface area contributed by atoms with Gasteiger partial charge in [-0.3, -0.25) is 5.10 Å². The molecule has 0 aliphatic carbocycles. The van der Waals surface area contributed by atoms with Crippen LogP contribution in [-0.4, -0.2) is 15.2 Å². The Morgan fingerprint density at radius 2 is 2.18 bits per heavy atom. The second-order valence-electron chi connectivity index (χ2n) is 3.87. The Labute approximate surface area is 108 Å². The first-order valence-electron chi connectivity index (χ1n) is 5.23. The molecule has 17 heavy (non-hydrogen) atoms. The molecule has 0 fully saturated rings. The SMILES string of the molecule is Cc1[nH]ncc1CNc1ncc(N)c(C)c1Br. The smallest absolute Gasteiger partial charge is 0.140 e. The first kappa shape index (κ1) is 11.9. The molecule has 2 rings (SSSR count). The van der Waals surface area contributed by atoms with Crippen LogP contribution >= 0.6 is 15.9 Å². The zero-order chi connectivity index (χ0) is 12.4. The predicted octanol–water partition coefficient (Wildman–Crippen LogP) is 2.38. The fraction of sp³-hybridized carbons (Fsp3) is 0.273. The number of hydrogen-bond donors (Lipinski definition) is 3. The van der Waals surface area contributed by atoms with E-state index in [4.69, 9.17) is 5.73 Å². The molecule has 2 aromatic rings. The van der Waals surface area contributed by atoms with Crippen LogP contribution in [0.4, 0.5) is 11.5 Å². The summed E-state index contributed by atoms with van der Waals surface area (Å²) in [6, 6.07) is 0. The summed E-state index contributed by atoms with van der Waals surface area (Å²) in [5, 5.41) is 10.1. The number of pyridine rings is 1. The average molecular weight is 296 g/mol. The van der Waals surface area contributed by atoms with E-state index in [2.05, 4.69) is 36.4 Å². The first-order chi connectivity index (χ1) is 8.09. The third kappa shape index (κ3) is 2.41. The maximum Gasteiger partial charge on any atom is 0.140 e. The molecular formula is C11H14BrN5. The molecule has 4 N–H and O–H groups in total. The lowest BCUT2D eigenvalue weighted by molar-refractivity contribution is 1.04. The highest BCUT2D eigenvalue weighted by molar-refractivity contribution is 9.10. The molecule has 2 heterocycles. The van der Waals surface area contributed by atoms with Crippen molar-refractivity contribution < 1.29 is 0 Å². The number of anilines is 2. The summed E-state index contributed by atoms with van der Waals surface area (Å²) in [5.74, 6) is 0.789. The third-order valence-corrected chi connectivity index (χ3v) is 3.65. The van der Waals surface area contributed by atoms with Gasteiger partial charge in [-0.25, -0.2) is 4.98 Å². The number of nitrogens with two attached hydrogens (primary N) is 1. The van der Waals surface area contributed by atoms with Gasteiger partial charge in [-0.2, -0.15) is 5.10 Å². The van der Waals surface area contributed by atoms with E-state index in [1.165, 1.54) is 0 Å². The Morgan fingerprint density at radius 3 is 2.82 bits per heavy atom. The Hall–Kier alpha value is -1.56. The van der Waals surface area contributed by atoms with E-state index in [0.717, 1.165) is 27.1 Å². The molecule has 0 saturated carbocycles. The van der Waals surface area contributed by atoms with E-state index >= 15 is 0 Å². The molecular weight excluding hydrogens is 282 g/mol. The van der Waals surface area contributed by atoms with Crippen LogP contribution in [0, 0.1) is 13.8 Å². The zero-order valence-electron chi connectivity index (χ0n) is 9.71. The van der Waals surface area contributed by atoms with E-state index in [1.807, 2.05) is 13.8 Å². The minimum atomic E-state index is 0.678. The van der Waals surface area contributed by atoms with Gasteiger partial charge in [0.25, 0.3) is 0 Å². The van der Waals surface area contributed by atoms with Crippen molar-refractivity contribution in [3.63, 3.8) is 0 Å². The van der Waals surface area contributed by atoms with Crippen LogP contribution in [0.1, 0.15) is 16.8 Å². The van der Waals surface area contributed by atoms with Gasteiger partial charge < -0.3 is 11.1 Å². The molecule has 0 saturated heterocycles. The highest BCUT2D eigenvalue weighted by Gasteiger charge is 2.08. The molecule has 0 atom stereocenters. The van der Waals surface area contributed by atoms with Gasteiger partial charge in [0.2, 0.25) is 0 Å². The number of nitrogen functional groups attached to an aromatic ring is 1. The molecule has 0 aliphatic rings. The number of rotatable bonds is 3. The van der Waals surface area contributed by atoms with E-state index < -0.39 is 0 Å². The largest absolute Gasteiger partial charge is 0.397 e. The molecule has 2 aromatic heterocycles. The van der Waals surface area contributed by atoms with Crippen molar-refractivity contribution in [2.75, 3.05) is 11.1 Å². The molecule has 0 radical (unpaired) electrons. The minimum Gasteiger partial charge on any atom is -0.397 e. The molecule has 6 heteroatoms. The maximum absolute atomic E-state index is 5.77. The van der Waals surface area contributed by atoms with Crippen molar-refractivity contribution in [2.45, 2.75) is 20.4 Å². The Bertz CT molecular complexity index is 535. The lowest BCUT2D eigenvalue weighted by atomic mass is 10.2. The molecule has 0 aromatic carbocycles. The monoisotopic (exact) mass is 295 g/mol. The predicted molar refractivity (Wildman–Crippen MR) is 71.7 cm³/mol. The fourth-order valence-corrected chi connectivity index (χ4v) is 1.92. The Kier molecular flexibility index (Phi) is 3.33. The summed E-state index contributed by atoms with van der Waals surface area (Å²) in [6.07, 6.45) is 3.46. The van der Waals surface area contributed by atoms with Gasteiger partial charge in [0.15, 0.2) is 0 Å². The lowest BCUT2D eigenvalue weighted by Crippen LogP contribution is -2.04. The van der Waals surface area contributed by atoms with Crippen LogP contribution < -0.4 is 11.1 Å². The summed E-state index contributed by atoms with van der Waals surface area (Å²) in [5.41, 5.74) is 9.62. The standard InChI is InChI=1S/C11H14BrN5/c1-6-9(13)5-15-11(10(6)12)14-3-8-4-16-17-7(8)2/h4-5H,3,13H2,1-2H3,(H,14,15)(H,16,17). The lowest BCUT2D eigenvalue weighted by Gasteiger charge is -2.10. The number of nitrogens with one attached hydrogen (secondary N) is 2. The van der Waals surface area contributed by atoms with E-state index in [0.29, 0.717) is 12.2 Å². The third-order valence-electron chi connectivity index (χ3n) is 2.68. The van der Waals surface area contributed by atoms with E-state index in [-0.39, 0.29) is 0 Å². The van der Waals surface area contributed by atoms with Gasteiger partial charge in [0.1, 0.15) is 5.82 Å². The van der Waals surface area contributed by atoms with Crippen molar-refractivity contribution in [3.8, 4) is 0 Å². The van der Waals surface area contributed by atoms with Crippen molar-refractivity contribution in [1.29, 1.82) is 0 Å². The summed E-state index contributed by atoms with van der Waals surface area (Å²) in [6.45, 7) is 4.62. The van der Waals surface area contributed by atoms with Crippen LogP contribution in [0.25, 0.3) is 0 Å². The second-order valence-corrected chi connectivity index (χ2v) is 4.67. The number of hydrogen-bond acceptors (Lipinski definition) is 4. The van der Waals surface area contributed by atoms with Crippen molar-refractivity contribution >= 4 is 27.4 Å². The fourth-order valence-electron chi connectivity index (χ4n) is 1.45. The molecule has 90 valence electrons. The molecule has 5 nitrogen and oxygen atoms in total. The average Bonchev–Trinajstić information content (AvgIpc) is 2.71. The second kappa shape index (κ2) is 4.75. The van der Waals surface area contributed by atoms with Crippen LogP contribution in [0.3, 0.4) is 0 Å². The Balaban J connectivity index is 2.15. The molecule has 0 amide bonds. The number of aryl methyl sites for hydroxylation is 1. The number of halogens is 1. The molecule has 0 unspecified atom stereocenters. The van der Waals surface area contributed by atoms with Crippen LogP contribution in [0.5, 0.6) is 0 Å². The summed E-state index contributed by atoms with van der Waals surface area (Å²) >= 11 is 3.49. The molecule has 0 spiro atoms. The van der Waals surface area contributed by atoms with Gasteiger partial charge in [-0.15, -0.1) is 0 Å². The van der Waals surface area contributed by atoms with Crippen LogP contribution in [-0.2, 0) is 6.54 Å². The van der Waals surface area contributed by atoms with Gasteiger partial charge >= 0.3 is 0 Å². The van der Waals surface area contributed by atoms with Gasteiger partial charge in [-0.1, -0.05) is 0 Å². The quantitative estimate of drug-likeness (QED) is 0.812. The van der Waals surface area contributed by atoms with Crippen molar-refractivity contribution in [2.24, 2.45) is 0 Å². The molecule has 0 aliphatic heterocycles. The summed E-state index contributed by atoms with van der Waals surface area (Å²) in [4.78, 5) is 4.25. The number of aromatic nitrogens is 3. The van der Waals surface area contributed by atoms with E-state index in [9.17, 15) is 0 Å². The number of H-pyrrole nitrogens is 1. The normalized spacial score (nSPS) is 10.5. The zero-order valence-corrected chi connectivity index (χ0v) is 11.3. The van der Waals surface area contributed by atoms with Gasteiger partial charge in [0, 0.05) is 17.8 Å². The minimum absolute atomic E-state index is 0.678.